The van der Waals surface area contributed by atoms with E-state index in [-0.39, 0.29) is 5.52 Å². The number of aromatic nitrogens is 1. The lowest BCUT2D eigenvalue weighted by molar-refractivity contribution is -0.136. The van der Waals surface area contributed by atoms with Crippen molar-refractivity contribution < 1.29 is 17.9 Å². The van der Waals surface area contributed by atoms with Gasteiger partial charge in [0.25, 0.3) is 0 Å². The first-order valence-corrected chi connectivity index (χ1v) is 4.67. The van der Waals surface area contributed by atoms with Gasteiger partial charge in [0.05, 0.1) is 18.2 Å². The maximum atomic E-state index is 12.7. The van der Waals surface area contributed by atoms with Gasteiger partial charge in [-0.25, -0.2) is 0 Å². The summed E-state index contributed by atoms with van der Waals surface area (Å²) in [5.41, 5.74) is 0.0874. The Labute approximate surface area is 90.0 Å². The number of hydrogen-bond acceptors (Lipinski definition) is 1. The minimum atomic E-state index is -4.36. The number of halogens is 3. The Morgan fingerprint density at radius 1 is 1.25 bits per heavy atom. The summed E-state index contributed by atoms with van der Waals surface area (Å²) in [5.74, 6) is 0.367. The fourth-order valence-electron chi connectivity index (χ4n) is 1.77. The van der Waals surface area contributed by atoms with Crippen LogP contribution >= 0.6 is 0 Å². The number of methoxy groups -OCH3 is 1. The zero-order valence-corrected chi connectivity index (χ0v) is 8.77. The van der Waals surface area contributed by atoms with Gasteiger partial charge in [-0.2, -0.15) is 13.2 Å². The molecular formula is C11H10F3NO. The van der Waals surface area contributed by atoms with E-state index < -0.39 is 11.7 Å². The summed E-state index contributed by atoms with van der Waals surface area (Å²) in [6, 6.07) is 4.09. The van der Waals surface area contributed by atoms with Crippen LogP contribution in [0, 0.1) is 6.92 Å². The van der Waals surface area contributed by atoms with Gasteiger partial charge in [0.15, 0.2) is 5.88 Å². The molecule has 1 heterocycles. The van der Waals surface area contributed by atoms with Crippen molar-refractivity contribution in [3.8, 4) is 5.88 Å². The Bertz CT molecular complexity index is 528. The van der Waals surface area contributed by atoms with Crippen LogP contribution < -0.4 is 4.74 Å². The molecule has 0 saturated heterocycles. The molecule has 2 rings (SSSR count). The van der Waals surface area contributed by atoms with Crippen LogP contribution in [0.4, 0.5) is 13.2 Å². The number of alkyl halides is 3. The Balaban J connectivity index is 2.79. The van der Waals surface area contributed by atoms with Crippen LogP contribution in [0.1, 0.15) is 11.1 Å². The van der Waals surface area contributed by atoms with E-state index in [4.69, 9.17) is 4.74 Å². The number of benzene rings is 1. The summed E-state index contributed by atoms with van der Waals surface area (Å²) in [6.45, 7) is 1.72. The van der Waals surface area contributed by atoms with Crippen LogP contribution in [0.3, 0.4) is 0 Å². The zero-order chi connectivity index (χ0) is 11.9. The Morgan fingerprint density at radius 3 is 2.50 bits per heavy atom. The molecule has 0 fully saturated rings. The van der Waals surface area contributed by atoms with E-state index in [1.807, 2.05) is 0 Å². The fraction of sp³-hybridized carbons (Fsp3) is 0.273. The molecule has 86 valence electrons. The van der Waals surface area contributed by atoms with Gasteiger partial charge in [-0.15, -0.1) is 0 Å². The van der Waals surface area contributed by atoms with E-state index in [0.717, 1.165) is 6.07 Å². The third-order valence-electron chi connectivity index (χ3n) is 2.56. The number of rotatable bonds is 1. The highest BCUT2D eigenvalue weighted by molar-refractivity contribution is 5.88. The molecule has 1 aromatic heterocycles. The molecule has 0 radical (unpaired) electrons. The molecule has 1 aromatic carbocycles. The minimum Gasteiger partial charge on any atom is -0.482 e. The first-order valence-electron chi connectivity index (χ1n) is 4.67. The first kappa shape index (κ1) is 10.9. The molecule has 0 atom stereocenters. The van der Waals surface area contributed by atoms with Crippen LogP contribution in [0.2, 0.25) is 0 Å². The van der Waals surface area contributed by atoms with Crippen molar-refractivity contribution in [1.82, 2.24) is 4.98 Å². The second-order valence-electron chi connectivity index (χ2n) is 3.51. The van der Waals surface area contributed by atoms with Crippen molar-refractivity contribution >= 4 is 10.9 Å². The predicted molar refractivity (Wildman–Crippen MR) is 54.6 cm³/mol. The number of fused-ring (bicyclic) bond motifs is 1. The molecule has 0 aliphatic carbocycles. The normalized spacial score (nSPS) is 12.1. The Kier molecular flexibility index (Phi) is 2.33. The fourth-order valence-corrected chi connectivity index (χ4v) is 1.77. The molecule has 2 nitrogen and oxygen atoms in total. The highest BCUT2D eigenvalue weighted by Gasteiger charge is 2.33. The number of para-hydroxylation sites is 1. The molecule has 1 N–H and O–H groups in total. The van der Waals surface area contributed by atoms with Crippen molar-refractivity contribution in [2.24, 2.45) is 0 Å². The molecule has 0 aliphatic heterocycles. The third kappa shape index (κ3) is 1.52. The van der Waals surface area contributed by atoms with E-state index >= 15 is 0 Å². The lowest BCUT2D eigenvalue weighted by Gasteiger charge is -2.07. The highest BCUT2D eigenvalue weighted by atomic mass is 19.4. The quantitative estimate of drug-likeness (QED) is 0.795. The van der Waals surface area contributed by atoms with Gasteiger partial charge in [-0.3, -0.25) is 0 Å². The number of ether oxygens (including phenoxy) is 1. The van der Waals surface area contributed by atoms with Crippen LogP contribution in [0.15, 0.2) is 18.2 Å². The van der Waals surface area contributed by atoms with Crippen LogP contribution in [-0.4, -0.2) is 12.1 Å². The average Bonchev–Trinajstić information content (AvgIpc) is 2.54. The summed E-state index contributed by atoms with van der Waals surface area (Å²) in [5, 5.41) is 0.534. The maximum Gasteiger partial charge on any atom is 0.418 e. The number of nitrogens with one attached hydrogen (secondary N) is 1. The minimum absolute atomic E-state index is 0.0735. The second-order valence-corrected chi connectivity index (χ2v) is 3.51. The first-order chi connectivity index (χ1) is 7.45. The molecule has 0 spiro atoms. The van der Waals surface area contributed by atoms with Crippen molar-refractivity contribution in [2.45, 2.75) is 13.1 Å². The van der Waals surface area contributed by atoms with E-state index in [2.05, 4.69) is 4.98 Å². The summed E-state index contributed by atoms with van der Waals surface area (Å²) in [7, 11) is 1.42. The number of hydrogen-bond donors (Lipinski definition) is 1. The lowest BCUT2D eigenvalue weighted by Crippen LogP contribution is -2.05. The molecule has 16 heavy (non-hydrogen) atoms. The van der Waals surface area contributed by atoms with Gasteiger partial charge in [0.1, 0.15) is 0 Å². The molecule has 0 bridgehead atoms. The van der Waals surface area contributed by atoms with Gasteiger partial charge in [0.2, 0.25) is 0 Å². The zero-order valence-electron chi connectivity index (χ0n) is 8.77. The largest absolute Gasteiger partial charge is 0.482 e. The summed E-state index contributed by atoms with van der Waals surface area (Å²) >= 11 is 0. The molecule has 0 unspecified atom stereocenters. The standard InChI is InChI=1S/C11H10F3NO/c1-6-7-4-3-5-8(11(12,13)14)9(7)15-10(6)16-2/h3-5,15H,1-2H3. The smallest absolute Gasteiger partial charge is 0.418 e. The van der Waals surface area contributed by atoms with E-state index in [0.29, 0.717) is 16.8 Å². The Morgan fingerprint density at radius 2 is 1.94 bits per heavy atom. The predicted octanol–water partition coefficient (Wildman–Crippen LogP) is 3.50. The van der Waals surface area contributed by atoms with Gasteiger partial charge in [-0.1, -0.05) is 12.1 Å². The van der Waals surface area contributed by atoms with Crippen LogP contribution in [-0.2, 0) is 6.18 Å². The number of aromatic amines is 1. The van der Waals surface area contributed by atoms with E-state index in [9.17, 15) is 13.2 Å². The van der Waals surface area contributed by atoms with Crippen LogP contribution in [0.5, 0.6) is 5.88 Å². The molecular weight excluding hydrogens is 219 g/mol. The molecule has 0 amide bonds. The molecule has 2 aromatic rings. The van der Waals surface area contributed by atoms with Gasteiger partial charge in [-0.05, 0) is 13.0 Å². The van der Waals surface area contributed by atoms with Gasteiger partial charge >= 0.3 is 6.18 Å². The average molecular weight is 229 g/mol. The highest BCUT2D eigenvalue weighted by Crippen LogP contribution is 2.37. The van der Waals surface area contributed by atoms with Gasteiger partial charge < -0.3 is 9.72 Å². The third-order valence-corrected chi connectivity index (χ3v) is 2.56. The van der Waals surface area contributed by atoms with E-state index in [1.54, 1.807) is 13.0 Å². The number of H-pyrrole nitrogens is 1. The summed E-state index contributed by atoms with van der Waals surface area (Å²) < 4.78 is 43.1. The molecule has 0 aliphatic rings. The maximum absolute atomic E-state index is 12.7. The summed E-state index contributed by atoms with van der Waals surface area (Å²) in [6.07, 6.45) is -4.36. The van der Waals surface area contributed by atoms with Gasteiger partial charge in [0, 0.05) is 10.9 Å². The van der Waals surface area contributed by atoms with Crippen molar-refractivity contribution in [3.05, 3.63) is 29.3 Å². The monoisotopic (exact) mass is 229 g/mol. The SMILES string of the molecule is COc1[nH]c2c(C(F)(F)F)cccc2c1C. The topological polar surface area (TPSA) is 25.0 Å². The van der Waals surface area contributed by atoms with Crippen molar-refractivity contribution in [2.75, 3.05) is 7.11 Å². The van der Waals surface area contributed by atoms with Crippen LogP contribution in [0.25, 0.3) is 10.9 Å². The summed E-state index contributed by atoms with van der Waals surface area (Å²) in [4.78, 5) is 2.65. The number of aryl methyl sites for hydroxylation is 1. The van der Waals surface area contributed by atoms with Crippen molar-refractivity contribution in [3.63, 3.8) is 0 Å². The Hall–Kier alpha value is -1.65. The van der Waals surface area contributed by atoms with Crippen molar-refractivity contribution in [1.29, 1.82) is 0 Å². The second kappa shape index (κ2) is 3.43. The molecule has 0 saturated carbocycles. The molecule has 5 heteroatoms. The van der Waals surface area contributed by atoms with E-state index in [1.165, 1.54) is 13.2 Å². The lowest BCUT2D eigenvalue weighted by atomic mass is 10.1.